The molecule has 8 nitrogen and oxygen atoms in total. The van der Waals surface area contributed by atoms with Gasteiger partial charge in [-0.2, -0.15) is 0 Å². The summed E-state index contributed by atoms with van der Waals surface area (Å²) in [5.74, 6) is -1.46. The third-order valence-corrected chi connectivity index (χ3v) is 5.36. The molecule has 2 heterocycles. The first kappa shape index (κ1) is 19.6. The molecule has 1 aromatic carbocycles. The number of ether oxygens (including phenoxy) is 1. The number of hydrogen-bond donors (Lipinski definition) is 2. The predicted molar refractivity (Wildman–Crippen MR) is 103 cm³/mol. The van der Waals surface area contributed by atoms with Gasteiger partial charge in [0.05, 0.1) is 12.2 Å². The fourth-order valence-electron chi connectivity index (χ4n) is 2.82. The summed E-state index contributed by atoms with van der Waals surface area (Å²) in [5, 5.41) is 7.07. The van der Waals surface area contributed by atoms with E-state index in [0.717, 1.165) is 4.90 Å². The molecule has 0 radical (unpaired) electrons. The minimum Gasteiger partial charge on any atom is -0.462 e. The van der Waals surface area contributed by atoms with Gasteiger partial charge in [0.15, 0.2) is 5.54 Å². The van der Waals surface area contributed by atoms with Crippen molar-refractivity contribution in [1.82, 2.24) is 10.2 Å². The zero-order valence-electron chi connectivity index (χ0n) is 15.4. The van der Waals surface area contributed by atoms with Crippen molar-refractivity contribution in [1.29, 1.82) is 0 Å². The van der Waals surface area contributed by atoms with Crippen LogP contribution in [0.25, 0.3) is 0 Å². The molecule has 0 spiro atoms. The second-order valence-electron chi connectivity index (χ2n) is 6.27. The molecule has 0 bridgehead atoms. The molecule has 1 fully saturated rings. The zero-order chi connectivity index (χ0) is 20.3. The molecule has 0 unspecified atom stereocenters. The third-order valence-electron chi connectivity index (χ3n) is 4.27. The number of imide groups is 1. The van der Waals surface area contributed by atoms with Crippen molar-refractivity contribution in [3.63, 3.8) is 0 Å². The van der Waals surface area contributed by atoms with Crippen LogP contribution in [0.2, 0.25) is 0 Å². The first-order valence-corrected chi connectivity index (χ1v) is 9.48. The van der Waals surface area contributed by atoms with Gasteiger partial charge in [-0.15, -0.1) is 11.3 Å². The first-order chi connectivity index (χ1) is 13.3. The molecule has 1 atom stereocenters. The number of urea groups is 1. The molecule has 2 N–H and O–H groups in total. The standard InChI is InChI=1S/C19H19N3O5S/c1-3-27-16(24)12-6-8-13(9-7-12)20-15(23)11-22-17(25)19(2,21-18(22)26)14-5-4-10-28-14/h4-10H,3,11H2,1-2H3,(H,20,23)(H,21,26)/t19-/m1/s1. The Bertz CT molecular complexity index is 910. The highest BCUT2D eigenvalue weighted by molar-refractivity contribution is 7.10. The quantitative estimate of drug-likeness (QED) is 0.571. The largest absolute Gasteiger partial charge is 0.462 e. The molecular formula is C19H19N3O5S. The van der Waals surface area contributed by atoms with Crippen molar-refractivity contribution in [2.45, 2.75) is 19.4 Å². The van der Waals surface area contributed by atoms with Crippen LogP contribution in [0.1, 0.15) is 29.1 Å². The Morgan fingerprint density at radius 2 is 1.93 bits per heavy atom. The second kappa shape index (κ2) is 7.81. The summed E-state index contributed by atoms with van der Waals surface area (Å²) in [7, 11) is 0. The highest BCUT2D eigenvalue weighted by Crippen LogP contribution is 2.31. The zero-order valence-corrected chi connectivity index (χ0v) is 16.2. The maximum atomic E-state index is 12.7. The van der Waals surface area contributed by atoms with Gasteiger partial charge >= 0.3 is 12.0 Å². The topological polar surface area (TPSA) is 105 Å². The summed E-state index contributed by atoms with van der Waals surface area (Å²) in [6.07, 6.45) is 0. The van der Waals surface area contributed by atoms with Gasteiger partial charge in [-0.1, -0.05) is 6.07 Å². The lowest BCUT2D eigenvalue weighted by atomic mass is 10.0. The van der Waals surface area contributed by atoms with E-state index in [0.29, 0.717) is 16.1 Å². The molecule has 3 rings (SSSR count). The highest BCUT2D eigenvalue weighted by Gasteiger charge is 2.50. The normalized spacial score (nSPS) is 18.7. The van der Waals surface area contributed by atoms with Crippen LogP contribution in [0.5, 0.6) is 0 Å². The molecule has 1 aromatic heterocycles. The number of carbonyl (C=O) groups is 4. The average Bonchev–Trinajstić information content (AvgIpc) is 3.27. The Labute approximate surface area is 165 Å². The molecule has 28 heavy (non-hydrogen) atoms. The number of anilines is 1. The highest BCUT2D eigenvalue weighted by atomic mass is 32.1. The fraction of sp³-hybridized carbons (Fsp3) is 0.263. The van der Waals surface area contributed by atoms with E-state index in [1.54, 1.807) is 38.1 Å². The number of nitrogens with one attached hydrogen (secondary N) is 2. The number of amides is 4. The minimum absolute atomic E-state index is 0.271. The van der Waals surface area contributed by atoms with Crippen molar-refractivity contribution in [3.8, 4) is 0 Å². The van der Waals surface area contributed by atoms with Crippen LogP contribution in [0, 0.1) is 0 Å². The Morgan fingerprint density at radius 3 is 2.54 bits per heavy atom. The lowest BCUT2D eigenvalue weighted by Crippen LogP contribution is -2.41. The van der Waals surface area contributed by atoms with Gasteiger partial charge in [0, 0.05) is 10.6 Å². The van der Waals surface area contributed by atoms with Crippen LogP contribution in [0.15, 0.2) is 41.8 Å². The maximum Gasteiger partial charge on any atom is 0.338 e. The number of hydrogen-bond acceptors (Lipinski definition) is 6. The summed E-state index contributed by atoms with van der Waals surface area (Å²) < 4.78 is 4.90. The van der Waals surface area contributed by atoms with Crippen molar-refractivity contribution in [2.75, 3.05) is 18.5 Å². The van der Waals surface area contributed by atoms with Gasteiger partial charge in [0.1, 0.15) is 6.54 Å². The molecular weight excluding hydrogens is 382 g/mol. The van der Waals surface area contributed by atoms with Crippen LogP contribution in [-0.2, 0) is 19.9 Å². The third kappa shape index (κ3) is 3.74. The van der Waals surface area contributed by atoms with E-state index in [4.69, 9.17) is 4.74 Å². The van der Waals surface area contributed by atoms with Gasteiger partial charge in [-0.3, -0.25) is 14.5 Å². The van der Waals surface area contributed by atoms with Crippen molar-refractivity contribution < 1.29 is 23.9 Å². The molecule has 0 saturated carbocycles. The lowest BCUT2D eigenvalue weighted by molar-refractivity contribution is -0.133. The van der Waals surface area contributed by atoms with E-state index in [2.05, 4.69) is 10.6 Å². The van der Waals surface area contributed by atoms with Crippen molar-refractivity contribution in [2.24, 2.45) is 0 Å². The van der Waals surface area contributed by atoms with Gasteiger partial charge < -0.3 is 15.4 Å². The summed E-state index contributed by atoms with van der Waals surface area (Å²) in [6, 6.07) is 9.08. The summed E-state index contributed by atoms with van der Waals surface area (Å²) >= 11 is 1.35. The van der Waals surface area contributed by atoms with E-state index in [-0.39, 0.29) is 6.61 Å². The van der Waals surface area contributed by atoms with Gasteiger partial charge in [-0.05, 0) is 49.6 Å². The van der Waals surface area contributed by atoms with Gasteiger partial charge in [0.2, 0.25) is 5.91 Å². The molecule has 1 aliphatic rings. The fourth-order valence-corrected chi connectivity index (χ4v) is 3.65. The summed E-state index contributed by atoms with van der Waals surface area (Å²) in [4.78, 5) is 50.5. The van der Waals surface area contributed by atoms with Crippen molar-refractivity contribution in [3.05, 3.63) is 52.2 Å². The summed E-state index contributed by atoms with van der Waals surface area (Å²) in [5.41, 5.74) is -0.376. The Morgan fingerprint density at radius 1 is 1.21 bits per heavy atom. The Kier molecular flexibility index (Phi) is 5.46. The molecule has 0 aliphatic carbocycles. The van der Waals surface area contributed by atoms with Crippen LogP contribution in [0.4, 0.5) is 10.5 Å². The SMILES string of the molecule is CCOC(=O)c1ccc(NC(=O)CN2C(=O)N[C@](C)(c3cccs3)C2=O)cc1. The molecule has 4 amide bonds. The minimum atomic E-state index is -1.17. The van der Waals surface area contributed by atoms with Gasteiger partial charge in [-0.25, -0.2) is 9.59 Å². The lowest BCUT2D eigenvalue weighted by Gasteiger charge is -2.20. The van der Waals surface area contributed by atoms with E-state index < -0.39 is 35.9 Å². The Hall–Kier alpha value is -3.20. The molecule has 1 saturated heterocycles. The second-order valence-corrected chi connectivity index (χ2v) is 7.22. The molecule has 1 aliphatic heterocycles. The average molecular weight is 401 g/mol. The number of rotatable bonds is 6. The first-order valence-electron chi connectivity index (χ1n) is 8.60. The summed E-state index contributed by atoms with van der Waals surface area (Å²) in [6.45, 7) is 3.19. The predicted octanol–water partition coefficient (Wildman–Crippen LogP) is 2.33. The van der Waals surface area contributed by atoms with Gasteiger partial charge in [0.25, 0.3) is 5.91 Å². The number of thiophene rings is 1. The van der Waals surface area contributed by atoms with Crippen LogP contribution >= 0.6 is 11.3 Å². The van der Waals surface area contributed by atoms with Crippen LogP contribution in [-0.4, -0.2) is 41.9 Å². The van der Waals surface area contributed by atoms with E-state index in [9.17, 15) is 19.2 Å². The van der Waals surface area contributed by atoms with Crippen molar-refractivity contribution >= 4 is 40.8 Å². The Balaban J connectivity index is 1.64. The van der Waals surface area contributed by atoms with Crippen LogP contribution < -0.4 is 10.6 Å². The van der Waals surface area contributed by atoms with E-state index in [1.807, 2.05) is 5.38 Å². The monoisotopic (exact) mass is 401 g/mol. The number of esters is 1. The maximum absolute atomic E-state index is 12.7. The van der Waals surface area contributed by atoms with Crippen LogP contribution in [0.3, 0.4) is 0 Å². The number of nitrogens with zero attached hydrogens (tertiary/aromatic N) is 1. The smallest absolute Gasteiger partial charge is 0.338 e. The number of carbonyl (C=O) groups excluding carboxylic acids is 4. The molecule has 9 heteroatoms. The van der Waals surface area contributed by atoms with E-state index in [1.165, 1.54) is 23.5 Å². The molecule has 2 aromatic rings. The molecule has 146 valence electrons. The van der Waals surface area contributed by atoms with E-state index >= 15 is 0 Å². The number of benzene rings is 1.